The monoisotopic (exact) mass is 219 g/mol. The Morgan fingerprint density at radius 1 is 1.53 bits per heavy atom. The fourth-order valence-electron chi connectivity index (χ4n) is 0.917. The van der Waals surface area contributed by atoms with Gasteiger partial charge in [-0.15, -0.1) is 0 Å². The van der Waals surface area contributed by atoms with Gasteiger partial charge in [0.15, 0.2) is 11.9 Å². The first kappa shape index (κ1) is 13.2. The second-order valence-corrected chi connectivity index (χ2v) is 2.38. The third-order valence-corrected chi connectivity index (χ3v) is 1.56. The molecule has 0 aromatic carbocycles. The van der Waals surface area contributed by atoms with Crippen LogP contribution in [0.2, 0.25) is 0 Å². The van der Waals surface area contributed by atoms with Crippen LogP contribution in [0, 0.1) is 0 Å². The van der Waals surface area contributed by atoms with E-state index in [1.54, 1.807) is 0 Å². The lowest BCUT2D eigenvalue weighted by molar-refractivity contribution is -0.143. The Balaban J connectivity index is 0.000000921. The molecule has 0 aromatic heterocycles. The summed E-state index contributed by atoms with van der Waals surface area (Å²) < 4.78 is 8.85. The molecule has 0 aromatic rings. The van der Waals surface area contributed by atoms with Crippen molar-refractivity contribution >= 4 is 12.4 Å². The molecule has 0 bridgehead atoms. The molecule has 1 aliphatic rings. The Bertz CT molecular complexity index is 262. The van der Waals surface area contributed by atoms with E-state index in [1.807, 2.05) is 0 Å². The molecular weight excluding hydrogens is 206 g/mol. The average Bonchev–Trinajstić information content (AvgIpc) is 2.50. The van der Waals surface area contributed by atoms with Crippen LogP contribution in [0.1, 0.15) is 6.42 Å². The molecule has 1 unspecified atom stereocenters. The SMILES string of the molecule is CN.O=COCCC1OC(=O)C(O)=C1O. The molecular formula is C8H13NO6. The lowest BCUT2D eigenvalue weighted by Gasteiger charge is -2.07. The molecule has 86 valence electrons. The van der Waals surface area contributed by atoms with Crippen molar-refractivity contribution in [2.45, 2.75) is 12.5 Å². The van der Waals surface area contributed by atoms with Crippen LogP contribution < -0.4 is 5.73 Å². The predicted octanol–water partition coefficient (Wildman–Crippen LogP) is -0.623. The number of hydrogen-bond acceptors (Lipinski definition) is 7. The quantitative estimate of drug-likeness (QED) is 0.327. The van der Waals surface area contributed by atoms with Crippen LogP contribution in [0.4, 0.5) is 0 Å². The maximum absolute atomic E-state index is 10.6. The van der Waals surface area contributed by atoms with E-state index in [4.69, 9.17) is 10.2 Å². The molecule has 0 aliphatic carbocycles. The second-order valence-electron chi connectivity index (χ2n) is 2.38. The summed E-state index contributed by atoms with van der Waals surface area (Å²) in [5.41, 5.74) is 4.50. The highest BCUT2D eigenvalue weighted by Gasteiger charge is 2.33. The van der Waals surface area contributed by atoms with Crippen LogP contribution >= 0.6 is 0 Å². The van der Waals surface area contributed by atoms with Crippen molar-refractivity contribution < 1.29 is 29.3 Å². The van der Waals surface area contributed by atoms with Crippen LogP contribution in [0.25, 0.3) is 0 Å². The molecule has 0 saturated carbocycles. The van der Waals surface area contributed by atoms with Crippen molar-refractivity contribution in [3.8, 4) is 0 Å². The third-order valence-electron chi connectivity index (χ3n) is 1.56. The molecule has 1 atom stereocenters. The number of rotatable bonds is 4. The molecule has 7 nitrogen and oxygen atoms in total. The summed E-state index contributed by atoms with van der Waals surface area (Å²) in [6.07, 6.45) is -0.784. The smallest absolute Gasteiger partial charge is 0.377 e. The topological polar surface area (TPSA) is 119 Å². The van der Waals surface area contributed by atoms with E-state index in [1.165, 1.54) is 7.05 Å². The predicted molar refractivity (Wildman–Crippen MR) is 48.9 cm³/mol. The van der Waals surface area contributed by atoms with Gasteiger partial charge < -0.3 is 25.4 Å². The summed E-state index contributed by atoms with van der Waals surface area (Å²) >= 11 is 0. The van der Waals surface area contributed by atoms with Gasteiger partial charge in [-0.3, -0.25) is 4.79 Å². The second kappa shape index (κ2) is 6.66. The normalized spacial score (nSPS) is 19.1. The van der Waals surface area contributed by atoms with Crippen molar-refractivity contribution in [2.24, 2.45) is 5.73 Å². The molecule has 1 rings (SSSR count). The molecule has 4 N–H and O–H groups in total. The van der Waals surface area contributed by atoms with E-state index in [2.05, 4.69) is 15.2 Å². The van der Waals surface area contributed by atoms with Crippen molar-refractivity contribution in [3.05, 3.63) is 11.5 Å². The number of carbonyl (C=O) groups excluding carboxylic acids is 2. The van der Waals surface area contributed by atoms with E-state index < -0.39 is 23.6 Å². The summed E-state index contributed by atoms with van der Waals surface area (Å²) in [4.78, 5) is 20.4. The van der Waals surface area contributed by atoms with Crippen molar-refractivity contribution in [1.82, 2.24) is 0 Å². The first-order valence-electron chi connectivity index (χ1n) is 4.13. The molecule has 0 radical (unpaired) electrons. The van der Waals surface area contributed by atoms with Crippen LogP contribution in [0.3, 0.4) is 0 Å². The van der Waals surface area contributed by atoms with Crippen molar-refractivity contribution in [2.75, 3.05) is 13.7 Å². The zero-order valence-electron chi connectivity index (χ0n) is 8.17. The summed E-state index contributed by atoms with van der Waals surface area (Å²) in [6.45, 7) is 0.260. The minimum Gasteiger partial charge on any atom is -0.505 e. The number of aliphatic hydroxyl groups excluding tert-OH is 2. The maximum Gasteiger partial charge on any atom is 0.377 e. The highest BCUT2D eigenvalue weighted by Crippen LogP contribution is 2.20. The van der Waals surface area contributed by atoms with Crippen molar-refractivity contribution in [1.29, 1.82) is 0 Å². The first-order valence-corrected chi connectivity index (χ1v) is 4.13. The molecule has 1 aliphatic heterocycles. The fraction of sp³-hybridized carbons (Fsp3) is 0.500. The van der Waals surface area contributed by atoms with Crippen LogP contribution in [-0.4, -0.2) is 42.4 Å². The van der Waals surface area contributed by atoms with Gasteiger partial charge >= 0.3 is 5.97 Å². The van der Waals surface area contributed by atoms with E-state index in [9.17, 15) is 9.59 Å². The Hall–Kier alpha value is -1.76. The van der Waals surface area contributed by atoms with Gasteiger partial charge in [-0.25, -0.2) is 4.79 Å². The zero-order chi connectivity index (χ0) is 11.8. The number of aliphatic hydroxyl groups is 2. The van der Waals surface area contributed by atoms with Gasteiger partial charge in [0, 0.05) is 6.42 Å². The Labute approximate surface area is 86.1 Å². The van der Waals surface area contributed by atoms with E-state index >= 15 is 0 Å². The highest BCUT2D eigenvalue weighted by atomic mass is 16.6. The van der Waals surface area contributed by atoms with Crippen molar-refractivity contribution in [3.63, 3.8) is 0 Å². The molecule has 0 saturated heterocycles. The number of nitrogens with two attached hydrogens (primary N) is 1. The number of cyclic esters (lactones) is 1. The molecule has 0 fully saturated rings. The number of esters is 1. The van der Waals surface area contributed by atoms with Crippen LogP contribution in [-0.2, 0) is 19.1 Å². The minimum atomic E-state index is -0.964. The zero-order valence-corrected chi connectivity index (χ0v) is 8.17. The largest absolute Gasteiger partial charge is 0.505 e. The van der Waals surface area contributed by atoms with Gasteiger partial charge in [-0.1, -0.05) is 0 Å². The number of hydrogen-bond donors (Lipinski definition) is 3. The fourth-order valence-corrected chi connectivity index (χ4v) is 0.917. The summed E-state index contributed by atoms with van der Waals surface area (Å²) in [5, 5.41) is 17.9. The summed E-state index contributed by atoms with van der Waals surface area (Å²) in [5.74, 6) is -2.26. The minimum absolute atomic E-state index is 0.0127. The summed E-state index contributed by atoms with van der Waals surface area (Å²) in [6, 6.07) is 0. The third kappa shape index (κ3) is 3.47. The number of carbonyl (C=O) groups is 2. The van der Waals surface area contributed by atoms with Gasteiger partial charge in [-0.05, 0) is 7.05 Å². The highest BCUT2D eigenvalue weighted by molar-refractivity contribution is 5.88. The van der Waals surface area contributed by atoms with Gasteiger partial charge in [0.25, 0.3) is 6.47 Å². The summed E-state index contributed by atoms with van der Waals surface area (Å²) in [7, 11) is 1.50. The Morgan fingerprint density at radius 3 is 2.53 bits per heavy atom. The van der Waals surface area contributed by atoms with Crippen LogP contribution in [0.15, 0.2) is 11.5 Å². The lowest BCUT2D eigenvalue weighted by atomic mass is 10.2. The molecule has 0 amide bonds. The standard InChI is InChI=1S/C7H8O6.CH5N/c8-3-12-2-1-4-5(9)6(10)7(11)13-4;1-2/h3-4,9-10H,1-2H2;2H2,1H3. The van der Waals surface area contributed by atoms with Gasteiger partial charge in [-0.2, -0.15) is 0 Å². The van der Waals surface area contributed by atoms with Crippen LogP contribution in [0.5, 0.6) is 0 Å². The van der Waals surface area contributed by atoms with E-state index in [0.717, 1.165) is 0 Å². The molecule has 1 heterocycles. The van der Waals surface area contributed by atoms with E-state index in [-0.39, 0.29) is 19.5 Å². The molecule has 15 heavy (non-hydrogen) atoms. The Kier molecular flexibility index (Phi) is 5.88. The Morgan fingerprint density at radius 2 is 2.13 bits per heavy atom. The lowest BCUT2D eigenvalue weighted by Crippen LogP contribution is -2.14. The molecule has 0 spiro atoms. The average molecular weight is 219 g/mol. The maximum atomic E-state index is 10.6. The van der Waals surface area contributed by atoms with Gasteiger partial charge in [0.1, 0.15) is 0 Å². The number of ether oxygens (including phenoxy) is 2. The van der Waals surface area contributed by atoms with E-state index in [0.29, 0.717) is 0 Å². The molecule has 7 heteroatoms. The van der Waals surface area contributed by atoms with Gasteiger partial charge in [0.05, 0.1) is 6.61 Å². The van der Waals surface area contributed by atoms with Gasteiger partial charge in [0.2, 0.25) is 5.76 Å². The first-order chi connectivity index (χ1) is 7.16.